The second-order valence-corrected chi connectivity index (χ2v) is 20.6. The van der Waals surface area contributed by atoms with E-state index in [1.54, 1.807) is 32.0 Å². The van der Waals surface area contributed by atoms with Gasteiger partial charge in [0.05, 0.1) is 50.4 Å². The molecule has 3 aliphatic heterocycles. The number of nitrogens with two attached hydrogens (primary N) is 1. The summed E-state index contributed by atoms with van der Waals surface area (Å²) in [7, 11) is 4.01. The number of aromatic nitrogens is 1. The van der Waals surface area contributed by atoms with Crippen LogP contribution in [0.25, 0.3) is 10.9 Å². The highest BCUT2D eigenvalue weighted by Crippen LogP contribution is 2.32. The Morgan fingerprint density at radius 3 is 2.23 bits per heavy atom. The van der Waals surface area contributed by atoms with Crippen molar-refractivity contribution in [3.8, 4) is 5.75 Å². The molecule has 0 saturated carbocycles. The van der Waals surface area contributed by atoms with Gasteiger partial charge in [-0.05, 0) is 51.5 Å². The van der Waals surface area contributed by atoms with Gasteiger partial charge >= 0.3 is 0 Å². The van der Waals surface area contributed by atoms with E-state index >= 15 is 0 Å². The largest absolute Gasteiger partial charge is 0.610 e. The van der Waals surface area contributed by atoms with Crippen molar-refractivity contribution < 1.29 is 67.8 Å². The van der Waals surface area contributed by atoms with E-state index in [-0.39, 0.29) is 10.6 Å². The number of amides is 9. The number of nitrogens with one attached hydrogen (secondary N) is 8. The van der Waals surface area contributed by atoms with Crippen LogP contribution in [-0.2, 0) is 60.7 Å². The van der Waals surface area contributed by atoms with Gasteiger partial charge in [-0.3, -0.25) is 43.2 Å². The summed E-state index contributed by atoms with van der Waals surface area (Å²) in [4.78, 5) is 131. The number of unbranched alkanes of at least 4 members (excludes halogenated alkanes) is 3. The Hall–Kier alpha value is -6.06. The van der Waals surface area contributed by atoms with Crippen LogP contribution in [0.5, 0.6) is 5.75 Å². The number of aliphatic hydroxyl groups excluding tert-OH is 3. The molecule has 0 radical (unpaired) electrons. The number of hydrogen-bond acceptors (Lipinski definition) is 15. The molecule has 9 amide bonds. The highest BCUT2D eigenvalue weighted by Gasteiger charge is 2.45. The number of H-pyrrole nitrogens is 1. The molecule has 5 rings (SSSR count). The Bertz CT molecular complexity index is 2340. The van der Waals surface area contributed by atoms with E-state index in [0.717, 1.165) is 37.1 Å². The van der Waals surface area contributed by atoms with E-state index in [4.69, 9.17) is 10.5 Å². The summed E-state index contributed by atoms with van der Waals surface area (Å²) >= 11 is -2.36. The van der Waals surface area contributed by atoms with Crippen molar-refractivity contribution in [2.45, 2.75) is 126 Å². The molecule has 1 aromatic heterocycles. The van der Waals surface area contributed by atoms with Gasteiger partial charge in [-0.2, -0.15) is 0 Å². The number of primary amides is 1. The van der Waals surface area contributed by atoms with Crippen molar-refractivity contribution >= 4 is 75.2 Å². The molecule has 1 saturated heterocycles. The molecule has 1 aromatic carbocycles. The lowest BCUT2D eigenvalue weighted by Crippen LogP contribution is -2.62. The van der Waals surface area contributed by atoms with Crippen LogP contribution in [0.2, 0.25) is 0 Å². The van der Waals surface area contributed by atoms with Crippen molar-refractivity contribution in [1.29, 1.82) is 0 Å². The molecule has 0 aliphatic carbocycles. The summed E-state index contributed by atoms with van der Waals surface area (Å²) in [5, 5.41) is 49.3. The maximum Gasteiger partial charge on any atom is 0.248 e. The first kappa shape index (κ1) is 57.8. The molecule has 2 aromatic rings. The SMILES string of the molecule is CC[C@H](C)C1NC(=O)CNC(=O)[C@@H]2Cc3c([nH]c4cc(OCCCCCCN(C)C)ccc34)[S+]([O-])C[C@H](NC(=O)CNC1=O)C(=O)N[C@@H](CC(N)=O)C(=O)N1C[C@H](O)C[C@H]1C(=O)NC(C(C)[C@@H](O)CO)C(=O)N2. The fourth-order valence-electron chi connectivity index (χ4n) is 8.86. The average Bonchev–Trinajstić information content (AvgIpc) is 3.92. The summed E-state index contributed by atoms with van der Waals surface area (Å²) in [6.07, 6.45) is -0.653. The number of ether oxygens (including phenoxy) is 1. The Morgan fingerprint density at radius 1 is 0.877 bits per heavy atom. The Balaban J connectivity index is 1.69. The first-order valence-corrected chi connectivity index (χ1v) is 25.9. The zero-order chi connectivity index (χ0) is 53.7. The minimum absolute atomic E-state index is 0.0932. The molecular weight excluding hydrogens is 975 g/mol. The normalized spacial score (nSPS) is 26.5. The lowest BCUT2D eigenvalue weighted by atomic mass is 9.93. The standard InChI is InChI=1S/C47H71N11O14S/c1-6-24(2)39-44(68)50-19-37(63)51-33-23-73(71)46-29(28-12-11-27(16-30(28)54-46)72-14-10-8-7-9-13-57(4)5)17-31(41(65)49-20-38(64)55-39)52-45(69)40(25(3)35(61)22-59)56-43(67)34-15-26(60)21-58(34)47(70)32(18-36(48)62)53-42(33)66/h11-12,16,24-26,31-35,39-40,54,59-61H,6-10,13-15,17-23H2,1-5H3,(H2,48,62)(H,49,65)(H,50,68)(H,51,63)(H,52,69)(H,53,66)(H,55,64)(H,56,67)/t24-,25?,26+,31-,32-,33-,34-,35-,39?,40?,73?/m0/s1. The summed E-state index contributed by atoms with van der Waals surface area (Å²) in [5.41, 5.74) is 6.04. The summed E-state index contributed by atoms with van der Waals surface area (Å²) in [5.74, 6) is -11.2. The quantitative estimate of drug-likeness (QED) is 0.0596. The number of rotatable bonds is 15. The van der Waals surface area contributed by atoms with Gasteiger partial charge in [-0.15, -0.1) is 0 Å². The van der Waals surface area contributed by atoms with Crippen molar-refractivity contribution in [2.75, 3.05) is 59.2 Å². The molecular formula is C47H71N11O14S. The number of hydrogen-bond donors (Lipinski definition) is 12. The van der Waals surface area contributed by atoms with Crippen molar-refractivity contribution in [3.63, 3.8) is 0 Å². The topological polar surface area (TPSA) is 379 Å². The third-order valence-corrected chi connectivity index (χ3v) is 14.7. The molecule has 25 nitrogen and oxygen atoms in total. The summed E-state index contributed by atoms with van der Waals surface area (Å²) < 4.78 is 21.0. The van der Waals surface area contributed by atoms with Crippen LogP contribution in [0.15, 0.2) is 23.2 Å². The number of benzene rings is 1. The molecule has 2 bridgehead atoms. The molecule has 4 unspecified atom stereocenters. The molecule has 4 heterocycles. The second-order valence-electron chi connectivity index (χ2n) is 19.2. The zero-order valence-corrected chi connectivity index (χ0v) is 42.6. The highest BCUT2D eigenvalue weighted by atomic mass is 32.2. The summed E-state index contributed by atoms with van der Waals surface area (Å²) in [6.45, 7) is 3.19. The van der Waals surface area contributed by atoms with Gasteiger partial charge in [0, 0.05) is 53.5 Å². The maximum absolute atomic E-state index is 14.9. The smallest absolute Gasteiger partial charge is 0.248 e. The van der Waals surface area contributed by atoms with Crippen molar-refractivity contribution in [1.82, 2.24) is 52.0 Å². The minimum atomic E-state index is -2.36. The fourth-order valence-corrected chi connectivity index (χ4v) is 10.3. The van der Waals surface area contributed by atoms with Crippen LogP contribution in [-0.4, -0.2) is 196 Å². The van der Waals surface area contributed by atoms with Gasteiger partial charge in [0.2, 0.25) is 58.2 Å². The molecule has 11 atom stereocenters. The molecule has 3 aliphatic rings. The fraction of sp³-hybridized carbons (Fsp3) is 0.638. The second kappa shape index (κ2) is 26.8. The van der Waals surface area contributed by atoms with Gasteiger partial charge < -0.3 is 82.3 Å². The Morgan fingerprint density at radius 2 is 1.56 bits per heavy atom. The van der Waals surface area contributed by atoms with E-state index in [1.807, 2.05) is 14.1 Å². The lowest BCUT2D eigenvalue weighted by Gasteiger charge is -2.32. The predicted octanol–water partition coefficient (Wildman–Crippen LogP) is -4.13. The molecule has 1 fully saturated rings. The first-order valence-electron chi connectivity index (χ1n) is 24.5. The number of aliphatic hydroxyl groups is 3. The van der Waals surface area contributed by atoms with E-state index < -0.39 is 176 Å². The number of carbonyl (C=O) groups excluding carboxylic acids is 9. The lowest BCUT2D eigenvalue weighted by molar-refractivity contribution is -0.144. The van der Waals surface area contributed by atoms with Gasteiger partial charge in [0.25, 0.3) is 0 Å². The Kier molecular flexibility index (Phi) is 21.2. The molecule has 0 spiro atoms. The molecule has 13 N–H and O–H groups in total. The monoisotopic (exact) mass is 1050 g/mol. The molecule has 73 heavy (non-hydrogen) atoms. The number of aromatic amines is 1. The van der Waals surface area contributed by atoms with E-state index in [0.29, 0.717) is 29.7 Å². The van der Waals surface area contributed by atoms with Gasteiger partial charge in [0.15, 0.2) is 6.04 Å². The van der Waals surface area contributed by atoms with Crippen LogP contribution < -0.4 is 47.7 Å². The van der Waals surface area contributed by atoms with Gasteiger partial charge in [-0.25, -0.2) is 0 Å². The van der Waals surface area contributed by atoms with E-state index in [1.165, 1.54) is 6.92 Å². The van der Waals surface area contributed by atoms with Crippen LogP contribution in [0.3, 0.4) is 0 Å². The third-order valence-electron chi connectivity index (χ3n) is 13.3. The number of nitrogens with zero attached hydrogens (tertiary/aromatic N) is 2. The van der Waals surface area contributed by atoms with Gasteiger partial charge in [0.1, 0.15) is 41.7 Å². The molecule has 404 valence electrons. The number of fused-ring (bicyclic) bond motifs is 5. The maximum atomic E-state index is 14.9. The van der Waals surface area contributed by atoms with E-state index in [9.17, 15) is 63.0 Å². The van der Waals surface area contributed by atoms with Crippen LogP contribution >= 0.6 is 0 Å². The highest BCUT2D eigenvalue weighted by molar-refractivity contribution is 7.91. The van der Waals surface area contributed by atoms with Crippen molar-refractivity contribution in [2.24, 2.45) is 17.6 Å². The van der Waals surface area contributed by atoms with E-state index in [2.05, 4.69) is 47.1 Å². The summed E-state index contributed by atoms with van der Waals surface area (Å²) in [6, 6.07) is -4.97. The predicted molar refractivity (Wildman–Crippen MR) is 263 cm³/mol. The van der Waals surface area contributed by atoms with Crippen LogP contribution in [0.1, 0.15) is 71.3 Å². The van der Waals surface area contributed by atoms with Crippen LogP contribution in [0, 0.1) is 11.8 Å². The number of carbonyl (C=O) groups is 9. The minimum Gasteiger partial charge on any atom is -0.610 e. The third kappa shape index (κ3) is 15.7. The molecule has 26 heteroatoms. The van der Waals surface area contributed by atoms with Crippen molar-refractivity contribution in [3.05, 3.63) is 23.8 Å². The van der Waals surface area contributed by atoms with Crippen LogP contribution in [0.4, 0.5) is 0 Å². The first-order chi connectivity index (χ1) is 34.6. The van der Waals surface area contributed by atoms with Gasteiger partial charge in [-0.1, -0.05) is 40.0 Å². The zero-order valence-electron chi connectivity index (χ0n) is 41.8. The average molecular weight is 1050 g/mol. The Labute approximate surface area is 425 Å².